The maximum Gasteiger partial charge on any atom is 0.190 e. The molecular weight excluding hydrogens is 364 g/mol. The molecule has 0 unspecified atom stereocenters. The van der Waals surface area contributed by atoms with Crippen LogP contribution in [0.1, 0.15) is 38.8 Å². The summed E-state index contributed by atoms with van der Waals surface area (Å²) in [7, 11) is 0. The molecule has 1 aromatic rings. The molecule has 3 saturated heterocycles. The number of fused-ring (bicyclic) bond motifs is 1. The highest BCUT2D eigenvalue weighted by atomic mass is 16.8. The summed E-state index contributed by atoms with van der Waals surface area (Å²) in [4.78, 5) is 0. The average Bonchev–Trinajstić information content (AvgIpc) is 3.20. The first kappa shape index (κ1) is 20.2. The molecule has 0 amide bonds. The van der Waals surface area contributed by atoms with Gasteiger partial charge in [0.15, 0.2) is 17.9 Å². The Bertz CT molecular complexity index is 718. The van der Waals surface area contributed by atoms with E-state index in [-0.39, 0.29) is 6.61 Å². The van der Waals surface area contributed by atoms with Crippen molar-refractivity contribution in [1.29, 1.82) is 0 Å². The summed E-state index contributed by atoms with van der Waals surface area (Å²) >= 11 is 0. The second-order valence-corrected chi connectivity index (χ2v) is 8.76. The molecule has 0 bridgehead atoms. The van der Waals surface area contributed by atoms with Gasteiger partial charge in [0.05, 0.1) is 6.61 Å². The zero-order valence-corrected chi connectivity index (χ0v) is 16.9. The lowest BCUT2D eigenvalue weighted by Gasteiger charge is -2.36. The number of aliphatic hydroxyl groups is 2. The lowest BCUT2D eigenvalue weighted by molar-refractivity contribution is -0.248. The van der Waals surface area contributed by atoms with Gasteiger partial charge in [0.1, 0.15) is 23.9 Å². The van der Waals surface area contributed by atoms with Crippen LogP contribution >= 0.6 is 0 Å². The van der Waals surface area contributed by atoms with E-state index in [2.05, 4.69) is 0 Å². The number of hydrogen-bond donors (Lipinski definition) is 2. The van der Waals surface area contributed by atoms with Gasteiger partial charge in [0.2, 0.25) is 0 Å². The van der Waals surface area contributed by atoms with Gasteiger partial charge >= 0.3 is 0 Å². The Balaban J connectivity index is 1.66. The lowest BCUT2D eigenvalue weighted by Crippen LogP contribution is -2.55. The molecule has 0 spiro atoms. The molecule has 0 aromatic heterocycles. The molecule has 7 heteroatoms. The third-order valence-electron chi connectivity index (χ3n) is 5.67. The van der Waals surface area contributed by atoms with Crippen LogP contribution in [0.15, 0.2) is 24.3 Å². The summed E-state index contributed by atoms with van der Waals surface area (Å²) in [6.45, 7) is 7.66. The Morgan fingerprint density at radius 1 is 0.964 bits per heavy atom. The third-order valence-corrected chi connectivity index (χ3v) is 5.67. The van der Waals surface area contributed by atoms with Crippen LogP contribution in [0.25, 0.3) is 0 Å². The quantitative estimate of drug-likeness (QED) is 0.783. The summed E-state index contributed by atoms with van der Waals surface area (Å²) in [6, 6.07) is 7.78. The van der Waals surface area contributed by atoms with E-state index in [0.29, 0.717) is 19.4 Å². The minimum atomic E-state index is -1.36. The van der Waals surface area contributed by atoms with Crippen molar-refractivity contribution in [3.8, 4) is 0 Å². The molecule has 1 aromatic carbocycles. The van der Waals surface area contributed by atoms with Crippen molar-refractivity contribution in [2.75, 3.05) is 13.2 Å². The molecule has 7 nitrogen and oxygen atoms in total. The van der Waals surface area contributed by atoms with Gasteiger partial charge in [0.25, 0.3) is 0 Å². The summed E-state index contributed by atoms with van der Waals surface area (Å²) in [6.07, 6.45) is -1.61. The fourth-order valence-corrected chi connectivity index (χ4v) is 4.47. The highest BCUT2D eigenvalue weighted by molar-refractivity contribution is 5.30. The fourth-order valence-electron chi connectivity index (χ4n) is 4.47. The van der Waals surface area contributed by atoms with Crippen molar-refractivity contribution in [3.63, 3.8) is 0 Å². The van der Waals surface area contributed by atoms with Crippen LogP contribution in [-0.2, 0) is 36.5 Å². The Hall–Kier alpha value is -1.06. The number of benzene rings is 1. The summed E-state index contributed by atoms with van der Waals surface area (Å²) in [5.41, 5.74) is 0.570. The molecule has 3 heterocycles. The van der Waals surface area contributed by atoms with Crippen molar-refractivity contribution < 1.29 is 33.9 Å². The maximum atomic E-state index is 11.9. The van der Waals surface area contributed by atoms with Gasteiger partial charge in [-0.25, -0.2) is 0 Å². The van der Waals surface area contributed by atoms with Crippen LogP contribution < -0.4 is 0 Å². The molecule has 0 saturated carbocycles. The SMILES string of the molecule is CC1(C)OC[C@H]([C@H]2O[C@@H]3OC(C)(C)O[C@@H]3[C@@]2(O)Cc2ccccc2CCO)O1. The number of ether oxygens (including phenoxy) is 5. The van der Waals surface area contributed by atoms with Gasteiger partial charge in [0, 0.05) is 13.0 Å². The number of hydrogen-bond acceptors (Lipinski definition) is 7. The summed E-state index contributed by atoms with van der Waals surface area (Å²) < 4.78 is 29.8. The second-order valence-electron chi connectivity index (χ2n) is 8.76. The van der Waals surface area contributed by atoms with Gasteiger partial charge in [-0.15, -0.1) is 0 Å². The predicted molar refractivity (Wildman–Crippen MR) is 99.5 cm³/mol. The van der Waals surface area contributed by atoms with Crippen LogP contribution in [0, 0.1) is 0 Å². The molecule has 156 valence electrons. The number of aliphatic hydroxyl groups excluding tert-OH is 1. The summed E-state index contributed by atoms with van der Waals surface area (Å²) in [5.74, 6) is -1.58. The maximum absolute atomic E-state index is 11.9. The highest BCUT2D eigenvalue weighted by Crippen LogP contribution is 2.47. The molecule has 3 aliphatic rings. The molecule has 28 heavy (non-hydrogen) atoms. The van der Waals surface area contributed by atoms with E-state index in [1.807, 2.05) is 52.0 Å². The molecule has 3 fully saturated rings. The van der Waals surface area contributed by atoms with Crippen LogP contribution in [0.4, 0.5) is 0 Å². The van der Waals surface area contributed by atoms with Gasteiger partial charge < -0.3 is 33.9 Å². The van der Waals surface area contributed by atoms with Crippen molar-refractivity contribution >= 4 is 0 Å². The topological polar surface area (TPSA) is 86.6 Å². The first-order chi connectivity index (χ1) is 13.1. The average molecular weight is 394 g/mol. The van der Waals surface area contributed by atoms with E-state index in [4.69, 9.17) is 23.7 Å². The van der Waals surface area contributed by atoms with E-state index in [1.165, 1.54) is 0 Å². The molecule has 4 rings (SSSR count). The van der Waals surface area contributed by atoms with E-state index >= 15 is 0 Å². The molecular formula is C21H30O7. The third kappa shape index (κ3) is 3.61. The Labute approximate surface area is 165 Å². The van der Waals surface area contributed by atoms with Crippen LogP contribution in [0.2, 0.25) is 0 Å². The Morgan fingerprint density at radius 3 is 2.32 bits per heavy atom. The molecule has 2 N–H and O–H groups in total. The molecule has 3 aliphatic heterocycles. The minimum absolute atomic E-state index is 0.0435. The van der Waals surface area contributed by atoms with E-state index in [0.717, 1.165) is 11.1 Å². The van der Waals surface area contributed by atoms with Gasteiger partial charge in [-0.1, -0.05) is 24.3 Å². The van der Waals surface area contributed by atoms with Crippen molar-refractivity contribution in [2.45, 2.75) is 82.3 Å². The Kier molecular flexibility index (Phi) is 5.07. The Morgan fingerprint density at radius 2 is 1.68 bits per heavy atom. The second kappa shape index (κ2) is 7.02. The van der Waals surface area contributed by atoms with Crippen molar-refractivity contribution in [1.82, 2.24) is 0 Å². The highest BCUT2D eigenvalue weighted by Gasteiger charge is 2.65. The van der Waals surface area contributed by atoms with Gasteiger partial charge in [-0.2, -0.15) is 0 Å². The molecule has 5 atom stereocenters. The molecule has 0 radical (unpaired) electrons. The number of rotatable bonds is 5. The van der Waals surface area contributed by atoms with E-state index < -0.39 is 41.8 Å². The lowest BCUT2D eigenvalue weighted by atomic mass is 9.82. The smallest absolute Gasteiger partial charge is 0.190 e. The van der Waals surface area contributed by atoms with Gasteiger partial charge in [-0.3, -0.25) is 0 Å². The summed E-state index contributed by atoms with van der Waals surface area (Å²) in [5, 5.41) is 21.3. The zero-order valence-electron chi connectivity index (χ0n) is 16.9. The fraction of sp³-hybridized carbons (Fsp3) is 0.714. The van der Waals surface area contributed by atoms with Gasteiger partial charge in [-0.05, 0) is 45.2 Å². The predicted octanol–water partition coefficient (Wildman–Crippen LogP) is 1.52. The zero-order chi connectivity index (χ0) is 20.2. The standard InChI is InChI=1S/C21H30O7/c1-19(2)24-12-15(26-19)16-21(23,17-18(25-16)28-20(3,4)27-17)11-14-8-6-5-7-13(14)9-10-22/h5-8,15-18,22-23H,9-12H2,1-4H3/t15-,16-,17+,18-,21-/m1/s1. The normalized spacial score (nSPS) is 38.6. The first-order valence-corrected chi connectivity index (χ1v) is 9.86. The van der Waals surface area contributed by atoms with E-state index in [1.54, 1.807) is 0 Å². The van der Waals surface area contributed by atoms with Crippen molar-refractivity contribution in [3.05, 3.63) is 35.4 Å². The molecule has 0 aliphatic carbocycles. The van der Waals surface area contributed by atoms with E-state index in [9.17, 15) is 10.2 Å². The monoisotopic (exact) mass is 394 g/mol. The van der Waals surface area contributed by atoms with Crippen LogP contribution in [0.5, 0.6) is 0 Å². The largest absolute Gasteiger partial charge is 0.396 e. The van der Waals surface area contributed by atoms with Crippen LogP contribution in [-0.4, -0.2) is 65.2 Å². The van der Waals surface area contributed by atoms with Crippen LogP contribution in [0.3, 0.4) is 0 Å². The minimum Gasteiger partial charge on any atom is -0.396 e. The van der Waals surface area contributed by atoms with Crippen molar-refractivity contribution in [2.24, 2.45) is 0 Å². The first-order valence-electron chi connectivity index (χ1n) is 9.86.